The van der Waals surface area contributed by atoms with Gasteiger partial charge in [-0.15, -0.1) is 0 Å². The molecule has 0 atom stereocenters. The predicted molar refractivity (Wildman–Crippen MR) is 142 cm³/mol. The molecule has 2 aromatic carbocycles. The fourth-order valence-corrected chi connectivity index (χ4v) is 3.98. The van der Waals surface area contributed by atoms with Gasteiger partial charge in [-0.25, -0.2) is 0 Å². The van der Waals surface area contributed by atoms with Crippen molar-refractivity contribution < 1.29 is 19.1 Å². The van der Waals surface area contributed by atoms with Crippen LogP contribution in [0.5, 0.6) is 5.75 Å². The molecule has 8 heteroatoms. The van der Waals surface area contributed by atoms with Crippen LogP contribution in [0.3, 0.4) is 0 Å². The topological polar surface area (TPSA) is 67.9 Å². The number of ether oxygens (including phenoxy) is 2. The number of hydrogen-bond donors (Lipinski definition) is 1. The fraction of sp³-hybridized carbons (Fsp3) is 0.423. The van der Waals surface area contributed by atoms with Crippen LogP contribution in [-0.2, 0) is 16.1 Å². The monoisotopic (exact) mass is 548 g/mol. The molecule has 0 spiro atoms. The van der Waals surface area contributed by atoms with E-state index in [0.29, 0.717) is 42.1 Å². The predicted octanol–water partition coefficient (Wildman–Crippen LogP) is 5.88. The van der Waals surface area contributed by atoms with E-state index in [1.165, 1.54) is 12.8 Å². The molecule has 2 rings (SSSR count). The molecule has 0 unspecified atom stereocenters. The molecule has 184 valence electrons. The summed E-state index contributed by atoms with van der Waals surface area (Å²) < 4.78 is 11.6. The van der Waals surface area contributed by atoms with Crippen molar-refractivity contribution >= 4 is 45.1 Å². The largest absolute Gasteiger partial charge is 0.492 e. The van der Waals surface area contributed by atoms with Gasteiger partial charge in [0.05, 0.1) is 24.1 Å². The van der Waals surface area contributed by atoms with E-state index >= 15 is 0 Å². The Balaban J connectivity index is 2.00. The number of carbonyl (C=O) groups excluding carboxylic acids is 2. The summed E-state index contributed by atoms with van der Waals surface area (Å²) in [6.07, 6.45) is 4.69. The minimum absolute atomic E-state index is 0.173. The van der Waals surface area contributed by atoms with Gasteiger partial charge in [0.1, 0.15) is 5.75 Å². The number of unbranched alkanes of at least 4 members (excludes halogenated alkanes) is 3. The van der Waals surface area contributed by atoms with Crippen LogP contribution in [0.25, 0.3) is 0 Å². The lowest BCUT2D eigenvalue weighted by molar-refractivity contribution is -0.143. The van der Waals surface area contributed by atoms with E-state index in [1.54, 1.807) is 30.0 Å². The standard InChI is InChI=1S/C26H33BrN2O4S/c1-3-5-6-10-17-33-23-14-13-21(18-22(23)27)25(31)28-26(34)29(16-15-24(30)32-4-2)19-20-11-8-7-9-12-20/h7-9,11-14,18H,3-6,10,15-17,19H2,1-2H3,(H,28,31,34). The summed E-state index contributed by atoms with van der Waals surface area (Å²) in [6, 6.07) is 15.0. The van der Waals surface area contributed by atoms with E-state index in [2.05, 4.69) is 28.2 Å². The number of amides is 1. The first-order valence-electron chi connectivity index (χ1n) is 11.7. The van der Waals surface area contributed by atoms with Crippen molar-refractivity contribution in [1.29, 1.82) is 0 Å². The van der Waals surface area contributed by atoms with Crippen LogP contribution in [0.2, 0.25) is 0 Å². The summed E-state index contributed by atoms with van der Waals surface area (Å²) in [4.78, 5) is 26.5. The molecule has 0 bridgehead atoms. The summed E-state index contributed by atoms with van der Waals surface area (Å²) in [5.74, 6) is 0.0778. The summed E-state index contributed by atoms with van der Waals surface area (Å²) >= 11 is 9.02. The summed E-state index contributed by atoms with van der Waals surface area (Å²) in [7, 11) is 0. The van der Waals surface area contributed by atoms with E-state index in [-0.39, 0.29) is 23.4 Å². The summed E-state index contributed by atoms with van der Waals surface area (Å²) in [5, 5.41) is 3.05. The maximum atomic E-state index is 12.9. The summed E-state index contributed by atoms with van der Waals surface area (Å²) in [6.45, 7) is 5.71. The zero-order valence-corrected chi connectivity index (χ0v) is 22.3. The van der Waals surface area contributed by atoms with Gasteiger partial charge in [-0.2, -0.15) is 0 Å². The second-order valence-electron chi connectivity index (χ2n) is 7.78. The molecule has 0 aromatic heterocycles. The number of rotatable bonds is 13. The van der Waals surface area contributed by atoms with E-state index in [4.69, 9.17) is 21.7 Å². The number of esters is 1. The summed E-state index contributed by atoms with van der Waals surface area (Å²) in [5.41, 5.74) is 1.48. The minimum atomic E-state index is -0.325. The maximum absolute atomic E-state index is 12.9. The van der Waals surface area contributed by atoms with Crippen LogP contribution in [-0.4, -0.2) is 41.6 Å². The molecule has 0 aliphatic carbocycles. The zero-order chi connectivity index (χ0) is 24.8. The van der Waals surface area contributed by atoms with Gasteiger partial charge in [-0.05, 0) is 65.3 Å². The van der Waals surface area contributed by atoms with Crippen LogP contribution < -0.4 is 10.1 Å². The second kappa shape index (κ2) is 15.5. The number of thiocarbonyl (C=S) groups is 1. The molecule has 34 heavy (non-hydrogen) atoms. The number of nitrogens with one attached hydrogen (secondary N) is 1. The van der Waals surface area contributed by atoms with Gasteiger partial charge in [-0.1, -0.05) is 56.5 Å². The van der Waals surface area contributed by atoms with Gasteiger partial charge in [0.15, 0.2) is 5.11 Å². The lowest BCUT2D eigenvalue weighted by atomic mass is 10.2. The lowest BCUT2D eigenvalue weighted by Crippen LogP contribution is -2.43. The van der Waals surface area contributed by atoms with E-state index in [0.717, 1.165) is 18.4 Å². The van der Waals surface area contributed by atoms with Crippen LogP contribution in [0.15, 0.2) is 53.0 Å². The van der Waals surface area contributed by atoms with E-state index in [1.807, 2.05) is 30.3 Å². The van der Waals surface area contributed by atoms with Crippen molar-refractivity contribution in [3.05, 3.63) is 64.1 Å². The van der Waals surface area contributed by atoms with Gasteiger partial charge in [-0.3, -0.25) is 14.9 Å². The third kappa shape index (κ3) is 9.81. The highest BCUT2D eigenvalue weighted by atomic mass is 79.9. The number of benzene rings is 2. The number of halogens is 1. The molecule has 6 nitrogen and oxygen atoms in total. The minimum Gasteiger partial charge on any atom is -0.492 e. The van der Waals surface area contributed by atoms with Crippen LogP contribution in [0, 0.1) is 0 Å². The van der Waals surface area contributed by atoms with E-state index in [9.17, 15) is 9.59 Å². The Morgan fingerprint density at radius 1 is 1.06 bits per heavy atom. The molecule has 1 amide bonds. The molecule has 1 N–H and O–H groups in total. The molecule has 0 aliphatic heterocycles. The fourth-order valence-electron chi connectivity index (χ4n) is 3.23. The SMILES string of the molecule is CCCCCCOc1ccc(C(=O)NC(=S)N(CCC(=O)OCC)Cc2ccccc2)cc1Br. The number of hydrogen-bond acceptors (Lipinski definition) is 5. The van der Waals surface area contributed by atoms with Crippen molar-refractivity contribution in [1.82, 2.24) is 10.2 Å². The highest BCUT2D eigenvalue weighted by Crippen LogP contribution is 2.26. The third-order valence-electron chi connectivity index (χ3n) is 5.06. The van der Waals surface area contributed by atoms with Crippen molar-refractivity contribution in [2.75, 3.05) is 19.8 Å². The Labute approximate surface area is 216 Å². The highest BCUT2D eigenvalue weighted by Gasteiger charge is 2.17. The maximum Gasteiger partial charge on any atom is 0.307 e. The Morgan fingerprint density at radius 3 is 2.50 bits per heavy atom. The van der Waals surface area contributed by atoms with Gasteiger partial charge in [0.25, 0.3) is 5.91 Å². The Hall–Kier alpha value is -2.45. The lowest BCUT2D eigenvalue weighted by Gasteiger charge is -2.25. The Kier molecular flexibility index (Phi) is 12.6. The van der Waals surface area contributed by atoms with Crippen molar-refractivity contribution in [2.45, 2.75) is 52.5 Å². The first-order chi connectivity index (χ1) is 16.4. The second-order valence-corrected chi connectivity index (χ2v) is 9.02. The first-order valence-corrected chi connectivity index (χ1v) is 12.9. The van der Waals surface area contributed by atoms with Crippen LogP contribution in [0.4, 0.5) is 0 Å². The van der Waals surface area contributed by atoms with Crippen molar-refractivity contribution in [2.24, 2.45) is 0 Å². The highest BCUT2D eigenvalue weighted by molar-refractivity contribution is 9.10. The average Bonchev–Trinajstić information content (AvgIpc) is 2.83. The molecular weight excluding hydrogens is 516 g/mol. The normalized spacial score (nSPS) is 10.4. The molecule has 2 aromatic rings. The van der Waals surface area contributed by atoms with Gasteiger partial charge < -0.3 is 14.4 Å². The molecular formula is C26H33BrN2O4S. The average molecular weight is 550 g/mol. The van der Waals surface area contributed by atoms with E-state index < -0.39 is 0 Å². The Morgan fingerprint density at radius 2 is 1.82 bits per heavy atom. The van der Waals surface area contributed by atoms with Gasteiger partial charge >= 0.3 is 5.97 Å². The molecule has 0 saturated heterocycles. The van der Waals surface area contributed by atoms with Crippen molar-refractivity contribution in [3.8, 4) is 5.75 Å². The molecule has 0 fully saturated rings. The third-order valence-corrected chi connectivity index (χ3v) is 6.04. The van der Waals surface area contributed by atoms with Crippen molar-refractivity contribution in [3.63, 3.8) is 0 Å². The Bertz CT molecular complexity index is 940. The smallest absolute Gasteiger partial charge is 0.307 e. The van der Waals surface area contributed by atoms with Gasteiger partial charge in [0.2, 0.25) is 0 Å². The van der Waals surface area contributed by atoms with Gasteiger partial charge in [0, 0.05) is 18.7 Å². The van der Waals surface area contributed by atoms with Crippen LogP contribution in [0.1, 0.15) is 61.9 Å². The molecule has 0 radical (unpaired) electrons. The number of nitrogens with zero attached hydrogens (tertiary/aromatic N) is 1. The molecule has 0 heterocycles. The number of carbonyl (C=O) groups is 2. The first kappa shape index (κ1) is 27.8. The quantitative estimate of drug-likeness (QED) is 0.191. The molecule has 0 saturated carbocycles. The van der Waals surface area contributed by atoms with Crippen LogP contribution >= 0.6 is 28.1 Å². The zero-order valence-electron chi connectivity index (χ0n) is 19.8. The molecule has 0 aliphatic rings.